The topological polar surface area (TPSA) is 95.6 Å². The summed E-state index contributed by atoms with van der Waals surface area (Å²) in [5.41, 5.74) is 13.4. The van der Waals surface area contributed by atoms with E-state index in [1.54, 1.807) is 23.1 Å². The second-order valence-electron chi connectivity index (χ2n) is 3.15. The van der Waals surface area contributed by atoms with Crippen LogP contribution >= 0.6 is 0 Å². The second kappa shape index (κ2) is 3.66. The number of hydrogen-bond donors (Lipinski definition) is 2. The van der Waals surface area contributed by atoms with Crippen molar-refractivity contribution in [3.8, 4) is 5.95 Å². The Bertz CT molecular complexity index is 475. The van der Waals surface area contributed by atoms with Crippen molar-refractivity contribution in [2.75, 3.05) is 5.73 Å². The number of hydrogen-bond acceptors (Lipinski definition) is 5. The van der Waals surface area contributed by atoms with Gasteiger partial charge in [-0.3, -0.25) is 0 Å². The maximum Gasteiger partial charge on any atom is 0.251 e. The van der Waals surface area contributed by atoms with Crippen LogP contribution in [0.25, 0.3) is 5.95 Å². The molecule has 0 aromatic carbocycles. The first-order chi connectivity index (χ1) is 7.22. The van der Waals surface area contributed by atoms with Gasteiger partial charge in [-0.1, -0.05) is 0 Å². The fourth-order valence-electron chi connectivity index (χ4n) is 1.22. The summed E-state index contributed by atoms with van der Waals surface area (Å²) in [5, 5.41) is 4.09. The number of nitrogens with zero attached hydrogens (tertiary/aromatic N) is 4. The molecule has 0 spiro atoms. The Morgan fingerprint density at radius 2 is 2.27 bits per heavy atom. The third kappa shape index (κ3) is 1.66. The summed E-state index contributed by atoms with van der Waals surface area (Å²) >= 11 is 0. The highest BCUT2D eigenvalue weighted by atomic mass is 15.4. The second-order valence-corrected chi connectivity index (χ2v) is 3.15. The minimum Gasteiger partial charge on any atom is -0.396 e. The zero-order valence-electron chi connectivity index (χ0n) is 8.38. The van der Waals surface area contributed by atoms with Gasteiger partial charge in [0.1, 0.15) is 0 Å². The number of nitrogens with two attached hydrogens (primary N) is 2. The Kier molecular flexibility index (Phi) is 2.34. The van der Waals surface area contributed by atoms with Gasteiger partial charge in [-0.15, -0.1) is 0 Å². The molecule has 2 heterocycles. The van der Waals surface area contributed by atoms with E-state index in [2.05, 4.69) is 15.1 Å². The predicted octanol–water partition coefficient (Wildman–Crippen LogP) is 0.0116. The normalized spacial score (nSPS) is 10.5. The lowest BCUT2D eigenvalue weighted by atomic mass is 10.4. The van der Waals surface area contributed by atoms with E-state index in [0.29, 0.717) is 18.2 Å². The Morgan fingerprint density at radius 3 is 2.87 bits per heavy atom. The zero-order chi connectivity index (χ0) is 10.8. The molecule has 0 saturated carbocycles. The first-order valence-electron chi connectivity index (χ1n) is 4.55. The van der Waals surface area contributed by atoms with Gasteiger partial charge in [0.05, 0.1) is 23.3 Å². The summed E-state index contributed by atoms with van der Waals surface area (Å²) in [7, 11) is 0. The molecule has 0 fully saturated rings. The fraction of sp³-hybridized carbons (Fsp3) is 0.222. The van der Waals surface area contributed by atoms with E-state index in [-0.39, 0.29) is 0 Å². The van der Waals surface area contributed by atoms with Crippen LogP contribution in [-0.4, -0.2) is 19.7 Å². The highest BCUT2D eigenvalue weighted by molar-refractivity contribution is 5.42. The molecule has 2 rings (SSSR count). The first kappa shape index (κ1) is 9.60. The van der Waals surface area contributed by atoms with E-state index < -0.39 is 0 Å². The van der Waals surface area contributed by atoms with Crippen molar-refractivity contribution in [1.82, 2.24) is 19.7 Å². The molecule has 0 saturated heterocycles. The van der Waals surface area contributed by atoms with E-state index in [0.717, 1.165) is 11.4 Å². The quantitative estimate of drug-likeness (QED) is 0.718. The molecule has 0 aliphatic carbocycles. The molecule has 0 unspecified atom stereocenters. The number of rotatable bonds is 2. The van der Waals surface area contributed by atoms with Crippen LogP contribution in [0.2, 0.25) is 0 Å². The van der Waals surface area contributed by atoms with Gasteiger partial charge in [0.25, 0.3) is 5.95 Å². The number of nitrogen functional groups attached to an aromatic ring is 1. The molecule has 0 radical (unpaired) electrons. The lowest BCUT2D eigenvalue weighted by Crippen LogP contribution is -2.08. The molecule has 6 nitrogen and oxygen atoms in total. The average molecular weight is 204 g/mol. The molecule has 0 aliphatic heterocycles. The van der Waals surface area contributed by atoms with Gasteiger partial charge in [0, 0.05) is 12.7 Å². The van der Waals surface area contributed by atoms with Crippen LogP contribution < -0.4 is 11.5 Å². The minimum atomic E-state index is 0.380. The number of aromatic nitrogens is 4. The van der Waals surface area contributed by atoms with Crippen molar-refractivity contribution in [2.24, 2.45) is 5.73 Å². The van der Waals surface area contributed by atoms with Gasteiger partial charge in [0.15, 0.2) is 0 Å². The van der Waals surface area contributed by atoms with E-state index in [1.807, 2.05) is 6.92 Å². The minimum absolute atomic E-state index is 0.380. The fourth-order valence-corrected chi connectivity index (χ4v) is 1.22. The summed E-state index contributed by atoms with van der Waals surface area (Å²) < 4.78 is 1.59. The van der Waals surface area contributed by atoms with Gasteiger partial charge in [-0.05, 0) is 13.0 Å². The van der Waals surface area contributed by atoms with Gasteiger partial charge >= 0.3 is 0 Å². The monoisotopic (exact) mass is 204 g/mol. The van der Waals surface area contributed by atoms with Crippen molar-refractivity contribution in [2.45, 2.75) is 13.5 Å². The lowest BCUT2D eigenvalue weighted by Gasteiger charge is -2.03. The van der Waals surface area contributed by atoms with E-state index in [1.165, 1.54) is 0 Å². The Hall–Kier alpha value is -1.95. The molecule has 78 valence electrons. The van der Waals surface area contributed by atoms with E-state index in [4.69, 9.17) is 11.5 Å². The van der Waals surface area contributed by atoms with Crippen molar-refractivity contribution >= 4 is 5.69 Å². The Labute approximate surface area is 86.9 Å². The van der Waals surface area contributed by atoms with E-state index >= 15 is 0 Å². The Morgan fingerprint density at radius 1 is 1.47 bits per heavy atom. The lowest BCUT2D eigenvalue weighted by molar-refractivity contribution is 0.769. The molecular formula is C9H12N6. The van der Waals surface area contributed by atoms with Crippen molar-refractivity contribution in [1.29, 1.82) is 0 Å². The summed E-state index contributed by atoms with van der Waals surface area (Å²) in [4.78, 5) is 8.35. The van der Waals surface area contributed by atoms with Gasteiger partial charge in [0.2, 0.25) is 0 Å². The van der Waals surface area contributed by atoms with Crippen LogP contribution in [0.3, 0.4) is 0 Å². The molecular weight excluding hydrogens is 192 g/mol. The third-order valence-corrected chi connectivity index (χ3v) is 2.15. The van der Waals surface area contributed by atoms with Crippen molar-refractivity contribution in [3.05, 3.63) is 29.8 Å². The van der Waals surface area contributed by atoms with Crippen LogP contribution in [0.15, 0.2) is 18.5 Å². The van der Waals surface area contributed by atoms with Gasteiger partial charge in [-0.25, -0.2) is 14.6 Å². The maximum atomic E-state index is 5.68. The summed E-state index contributed by atoms with van der Waals surface area (Å²) in [6, 6.07) is 1.77. The molecule has 6 heteroatoms. The standard InChI is InChI=1S/C9H12N6/c1-6-8(11)5-13-15(6)9-12-3-2-7(4-10)14-9/h2-3,5H,4,10-11H2,1H3. The smallest absolute Gasteiger partial charge is 0.251 e. The van der Waals surface area contributed by atoms with Gasteiger partial charge < -0.3 is 11.5 Å². The molecule has 4 N–H and O–H groups in total. The highest BCUT2D eigenvalue weighted by Crippen LogP contribution is 2.11. The third-order valence-electron chi connectivity index (χ3n) is 2.15. The molecule has 0 bridgehead atoms. The maximum absolute atomic E-state index is 5.68. The largest absolute Gasteiger partial charge is 0.396 e. The van der Waals surface area contributed by atoms with Crippen molar-refractivity contribution < 1.29 is 0 Å². The number of anilines is 1. The molecule has 0 aliphatic rings. The van der Waals surface area contributed by atoms with Crippen molar-refractivity contribution in [3.63, 3.8) is 0 Å². The zero-order valence-corrected chi connectivity index (χ0v) is 8.38. The van der Waals surface area contributed by atoms with Crippen LogP contribution in [0.4, 0.5) is 5.69 Å². The molecule has 2 aromatic rings. The summed E-state index contributed by atoms with van der Waals surface area (Å²) in [6.45, 7) is 2.24. The molecule has 15 heavy (non-hydrogen) atoms. The van der Waals surface area contributed by atoms with Gasteiger partial charge in [-0.2, -0.15) is 5.10 Å². The van der Waals surface area contributed by atoms with Crippen LogP contribution in [0, 0.1) is 6.92 Å². The summed E-state index contributed by atoms with van der Waals surface area (Å²) in [6.07, 6.45) is 3.23. The Balaban J connectivity index is 2.49. The predicted molar refractivity (Wildman–Crippen MR) is 56.2 cm³/mol. The van der Waals surface area contributed by atoms with Crippen LogP contribution in [0.1, 0.15) is 11.4 Å². The summed E-state index contributed by atoms with van der Waals surface area (Å²) in [5.74, 6) is 0.493. The van der Waals surface area contributed by atoms with Crippen LogP contribution in [-0.2, 0) is 6.54 Å². The average Bonchev–Trinajstić information content (AvgIpc) is 2.60. The van der Waals surface area contributed by atoms with Crippen LogP contribution in [0.5, 0.6) is 0 Å². The highest BCUT2D eigenvalue weighted by Gasteiger charge is 2.07. The first-order valence-corrected chi connectivity index (χ1v) is 4.55. The molecule has 2 aromatic heterocycles. The molecule has 0 atom stereocenters. The van der Waals surface area contributed by atoms with E-state index in [9.17, 15) is 0 Å². The molecule has 0 amide bonds. The SMILES string of the molecule is Cc1c(N)cnn1-c1nccc(CN)n1.